The van der Waals surface area contributed by atoms with E-state index in [4.69, 9.17) is 4.74 Å². The van der Waals surface area contributed by atoms with Crippen LogP contribution >= 0.6 is 0 Å². The van der Waals surface area contributed by atoms with Crippen molar-refractivity contribution < 1.29 is 17.9 Å². The van der Waals surface area contributed by atoms with Gasteiger partial charge in [0.2, 0.25) is 0 Å². The van der Waals surface area contributed by atoms with Crippen LogP contribution in [-0.2, 0) is 23.9 Å². The number of halogens is 3. The fraction of sp³-hybridized carbons (Fsp3) is 0.444. The molecule has 0 N–H and O–H groups in total. The molecule has 0 unspecified atom stereocenters. The lowest BCUT2D eigenvalue weighted by Crippen LogP contribution is -2.14. The number of alkyl halides is 3. The molecule has 0 fully saturated rings. The van der Waals surface area contributed by atoms with Crippen molar-refractivity contribution in [2.24, 2.45) is 0 Å². The Hall–Kier alpha value is -1.10. The minimum Gasteiger partial charge on any atom is -0.376 e. The molecule has 0 saturated heterocycles. The van der Waals surface area contributed by atoms with Crippen molar-refractivity contribution in [3.63, 3.8) is 0 Å². The Labute approximate surface area is 78.7 Å². The molecule has 5 heteroatoms. The maximum atomic E-state index is 12.3. The van der Waals surface area contributed by atoms with Crippen molar-refractivity contribution in [2.75, 3.05) is 6.61 Å². The quantitative estimate of drug-likeness (QED) is 0.644. The summed E-state index contributed by atoms with van der Waals surface area (Å²) in [6, 6.07) is 1.06. The van der Waals surface area contributed by atoms with Crippen molar-refractivity contribution in [1.82, 2.24) is 4.98 Å². The summed E-state index contributed by atoms with van der Waals surface area (Å²) in [6.45, 7) is 0.807. The summed E-state index contributed by atoms with van der Waals surface area (Å²) in [6.07, 6.45) is -2.44. The Morgan fingerprint density at radius 1 is 1.29 bits per heavy atom. The van der Waals surface area contributed by atoms with Gasteiger partial charge in [0, 0.05) is 6.20 Å². The van der Waals surface area contributed by atoms with Crippen LogP contribution in [0.2, 0.25) is 0 Å². The molecule has 2 nitrogen and oxygen atoms in total. The van der Waals surface area contributed by atoms with Gasteiger partial charge in [-0.25, -0.2) is 0 Å². The third-order valence-electron chi connectivity index (χ3n) is 2.15. The fourth-order valence-electron chi connectivity index (χ4n) is 1.40. The largest absolute Gasteiger partial charge is 0.433 e. The Kier molecular flexibility index (Phi) is 2.19. The van der Waals surface area contributed by atoms with Crippen molar-refractivity contribution in [3.05, 3.63) is 29.1 Å². The van der Waals surface area contributed by atoms with Gasteiger partial charge in [0.25, 0.3) is 0 Å². The zero-order chi connectivity index (χ0) is 10.2. The molecule has 76 valence electrons. The average molecular weight is 203 g/mol. The molecule has 1 aromatic rings. The van der Waals surface area contributed by atoms with Gasteiger partial charge >= 0.3 is 6.18 Å². The minimum atomic E-state index is -4.37. The minimum absolute atomic E-state index is 0.251. The van der Waals surface area contributed by atoms with Gasteiger partial charge in [-0.1, -0.05) is 0 Å². The molecule has 0 saturated carbocycles. The standard InChI is InChI=1S/C9H8F3NO/c10-9(11,12)8-3-7-5-14-2-1-6(7)4-13-8/h3-4H,1-2,5H2. The van der Waals surface area contributed by atoms with Crippen LogP contribution in [0.1, 0.15) is 16.8 Å². The highest BCUT2D eigenvalue weighted by molar-refractivity contribution is 5.28. The third-order valence-corrected chi connectivity index (χ3v) is 2.15. The van der Waals surface area contributed by atoms with Crippen LogP contribution in [0.4, 0.5) is 13.2 Å². The van der Waals surface area contributed by atoms with Crippen molar-refractivity contribution in [1.29, 1.82) is 0 Å². The van der Waals surface area contributed by atoms with Gasteiger partial charge in [0.1, 0.15) is 5.69 Å². The van der Waals surface area contributed by atoms with Gasteiger partial charge in [0.15, 0.2) is 0 Å². The lowest BCUT2D eigenvalue weighted by Gasteiger charge is -2.17. The van der Waals surface area contributed by atoms with Crippen LogP contribution in [0.5, 0.6) is 0 Å². The molecule has 0 spiro atoms. The summed E-state index contributed by atoms with van der Waals surface area (Å²) in [5.41, 5.74) is 0.601. The normalized spacial score (nSPS) is 16.5. The molecule has 2 rings (SSSR count). The molecule has 1 aliphatic heterocycles. The summed E-state index contributed by atoms with van der Waals surface area (Å²) >= 11 is 0. The van der Waals surface area contributed by atoms with Crippen molar-refractivity contribution >= 4 is 0 Å². The van der Waals surface area contributed by atoms with E-state index in [0.717, 1.165) is 11.6 Å². The highest BCUT2D eigenvalue weighted by Gasteiger charge is 2.33. The highest BCUT2D eigenvalue weighted by atomic mass is 19.4. The fourth-order valence-corrected chi connectivity index (χ4v) is 1.40. The Balaban J connectivity index is 2.39. The second-order valence-corrected chi connectivity index (χ2v) is 3.14. The molecular weight excluding hydrogens is 195 g/mol. The molecule has 0 bridgehead atoms. The molecule has 2 heterocycles. The molecule has 14 heavy (non-hydrogen) atoms. The zero-order valence-corrected chi connectivity index (χ0v) is 7.27. The third kappa shape index (κ3) is 1.72. The monoisotopic (exact) mass is 203 g/mol. The van der Waals surface area contributed by atoms with Gasteiger partial charge in [-0.2, -0.15) is 13.2 Å². The van der Waals surface area contributed by atoms with Gasteiger partial charge < -0.3 is 4.74 Å². The van der Waals surface area contributed by atoms with E-state index >= 15 is 0 Å². The average Bonchev–Trinajstić information content (AvgIpc) is 2.16. The van der Waals surface area contributed by atoms with Crippen molar-refractivity contribution in [3.8, 4) is 0 Å². The van der Waals surface area contributed by atoms with Crippen LogP contribution in [0.15, 0.2) is 12.3 Å². The van der Waals surface area contributed by atoms with Gasteiger partial charge in [-0.3, -0.25) is 4.98 Å². The number of aromatic nitrogens is 1. The Morgan fingerprint density at radius 3 is 2.79 bits per heavy atom. The summed E-state index contributed by atoms with van der Waals surface area (Å²) in [4.78, 5) is 3.38. The number of ether oxygens (including phenoxy) is 1. The van der Waals surface area contributed by atoms with E-state index in [9.17, 15) is 13.2 Å². The smallest absolute Gasteiger partial charge is 0.376 e. The van der Waals surface area contributed by atoms with Crippen LogP contribution in [0.25, 0.3) is 0 Å². The van der Waals surface area contributed by atoms with Crippen LogP contribution < -0.4 is 0 Å². The summed E-state index contributed by atoms with van der Waals surface area (Å²) in [5, 5.41) is 0. The van der Waals surface area contributed by atoms with Crippen molar-refractivity contribution in [2.45, 2.75) is 19.2 Å². The summed E-state index contributed by atoms with van der Waals surface area (Å²) < 4.78 is 41.8. The van der Waals surface area contributed by atoms with E-state index in [-0.39, 0.29) is 6.61 Å². The number of hydrogen-bond acceptors (Lipinski definition) is 2. The lowest BCUT2D eigenvalue weighted by molar-refractivity contribution is -0.141. The molecule has 0 atom stereocenters. The first-order chi connectivity index (χ1) is 6.57. The van der Waals surface area contributed by atoms with Crippen LogP contribution in [0.3, 0.4) is 0 Å². The molecular formula is C9H8F3NO. The first kappa shape index (κ1) is 9.45. The van der Waals surface area contributed by atoms with Crippen LogP contribution in [-0.4, -0.2) is 11.6 Å². The number of hydrogen-bond donors (Lipinski definition) is 0. The second-order valence-electron chi connectivity index (χ2n) is 3.14. The molecule has 1 aromatic heterocycles. The highest BCUT2D eigenvalue weighted by Crippen LogP contribution is 2.29. The summed E-state index contributed by atoms with van der Waals surface area (Å²) in [5.74, 6) is 0. The molecule has 1 aliphatic rings. The first-order valence-electron chi connectivity index (χ1n) is 4.20. The van der Waals surface area contributed by atoms with E-state index in [0.29, 0.717) is 18.6 Å². The zero-order valence-electron chi connectivity index (χ0n) is 7.27. The van der Waals surface area contributed by atoms with E-state index in [1.165, 1.54) is 6.20 Å². The predicted molar refractivity (Wildman–Crippen MR) is 42.6 cm³/mol. The lowest BCUT2D eigenvalue weighted by atomic mass is 10.1. The Bertz CT molecular complexity index is 348. The molecule has 0 amide bonds. The van der Waals surface area contributed by atoms with E-state index in [2.05, 4.69) is 4.98 Å². The summed E-state index contributed by atoms with van der Waals surface area (Å²) in [7, 11) is 0. The SMILES string of the molecule is FC(F)(F)c1cc2c(cn1)CCOC2. The molecule has 0 radical (unpaired) electrons. The predicted octanol–water partition coefficient (Wildman–Crippen LogP) is 2.17. The van der Waals surface area contributed by atoms with E-state index in [1.54, 1.807) is 0 Å². The number of fused-ring (bicyclic) bond motifs is 1. The number of rotatable bonds is 0. The van der Waals surface area contributed by atoms with E-state index < -0.39 is 11.9 Å². The number of nitrogens with zero attached hydrogens (tertiary/aromatic N) is 1. The second kappa shape index (κ2) is 3.24. The van der Waals surface area contributed by atoms with Gasteiger partial charge in [0.05, 0.1) is 13.2 Å². The first-order valence-corrected chi connectivity index (χ1v) is 4.20. The van der Waals surface area contributed by atoms with Gasteiger partial charge in [-0.05, 0) is 23.6 Å². The Morgan fingerprint density at radius 2 is 2.07 bits per heavy atom. The van der Waals surface area contributed by atoms with E-state index in [1.807, 2.05) is 0 Å². The topological polar surface area (TPSA) is 22.1 Å². The number of pyridine rings is 1. The molecule has 0 aromatic carbocycles. The van der Waals surface area contributed by atoms with Gasteiger partial charge in [-0.15, -0.1) is 0 Å². The molecule has 0 aliphatic carbocycles. The maximum Gasteiger partial charge on any atom is 0.433 e. The maximum absolute atomic E-state index is 12.3. The van der Waals surface area contributed by atoms with Crippen LogP contribution in [0, 0.1) is 0 Å².